The largest absolute Gasteiger partial charge is 0.0736 e. The maximum absolute atomic E-state index is 2.23. The highest BCUT2D eigenvalue weighted by Gasteiger charge is 1.92. The van der Waals surface area contributed by atoms with Crippen molar-refractivity contribution >= 4 is 0 Å². The molecule has 0 radical (unpaired) electrons. The molecule has 0 atom stereocenters. The van der Waals surface area contributed by atoms with E-state index in [2.05, 4.69) is 46.8 Å². The zero-order valence-electron chi connectivity index (χ0n) is 8.44. The van der Waals surface area contributed by atoms with Crippen molar-refractivity contribution in [2.45, 2.75) is 41.0 Å². The molecule has 0 aromatic rings. The third kappa shape index (κ3) is 4.83. The molecule has 0 spiro atoms. The standard InChI is InChI=1S/C11H20/c1-6-10(4)7-8-11(5)9(2)3/h7-9H,6H2,1-5H3/b10-7-,11-8+. The minimum absolute atomic E-state index is 0.677. The van der Waals surface area contributed by atoms with E-state index in [0.717, 1.165) is 6.42 Å². The summed E-state index contributed by atoms with van der Waals surface area (Å²) in [6.07, 6.45) is 5.60. The number of hydrogen-bond donors (Lipinski definition) is 0. The number of allylic oxidation sites excluding steroid dienone is 4. The van der Waals surface area contributed by atoms with Gasteiger partial charge in [0.1, 0.15) is 0 Å². The quantitative estimate of drug-likeness (QED) is 0.537. The second-order valence-corrected chi connectivity index (χ2v) is 3.43. The molecule has 64 valence electrons. The average molecular weight is 152 g/mol. The fourth-order valence-electron chi connectivity index (χ4n) is 0.584. The van der Waals surface area contributed by atoms with E-state index in [1.807, 2.05) is 0 Å². The van der Waals surface area contributed by atoms with Crippen LogP contribution in [-0.2, 0) is 0 Å². The van der Waals surface area contributed by atoms with E-state index in [1.54, 1.807) is 0 Å². The molecule has 0 fully saturated rings. The van der Waals surface area contributed by atoms with Gasteiger partial charge in [0.15, 0.2) is 0 Å². The third-order valence-corrected chi connectivity index (χ3v) is 2.10. The van der Waals surface area contributed by atoms with Crippen LogP contribution in [0.5, 0.6) is 0 Å². The van der Waals surface area contributed by atoms with Crippen molar-refractivity contribution in [3.8, 4) is 0 Å². The lowest BCUT2D eigenvalue weighted by Gasteiger charge is -2.02. The predicted molar refractivity (Wildman–Crippen MR) is 52.6 cm³/mol. The normalized spacial score (nSPS) is 14.4. The number of hydrogen-bond acceptors (Lipinski definition) is 0. The van der Waals surface area contributed by atoms with Gasteiger partial charge in [-0.1, -0.05) is 44.1 Å². The van der Waals surface area contributed by atoms with Crippen LogP contribution >= 0.6 is 0 Å². The summed E-state index contributed by atoms with van der Waals surface area (Å²) >= 11 is 0. The maximum Gasteiger partial charge on any atom is -0.0260 e. The van der Waals surface area contributed by atoms with Crippen LogP contribution < -0.4 is 0 Å². The van der Waals surface area contributed by atoms with Crippen molar-refractivity contribution in [3.63, 3.8) is 0 Å². The molecule has 0 N–H and O–H groups in total. The SMILES string of the molecule is CC/C(C)=C\C=C(/C)C(C)C. The number of rotatable bonds is 3. The summed E-state index contributed by atoms with van der Waals surface area (Å²) in [5, 5.41) is 0. The van der Waals surface area contributed by atoms with E-state index in [9.17, 15) is 0 Å². The van der Waals surface area contributed by atoms with E-state index < -0.39 is 0 Å². The summed E-state index contributed by atoms with van der Waals surface area (Å²) in [7, 11) is 0. The Kier molecular flexibility index (Phi) is 4.93. The second kappa shape index (κ2) is 5.17. The first-order valence-electron chi connectivity index (χ1n) is 4.41. The molecule has 0 aliphatic rings. The van der Waals surface area contributed by atoms with Crippen molar-refractivity contribution < 1.29 is 0 Å². The smallest absolute Gasteiger partial charge is 0.0260 e. The molecule has 0 aromatic carbocycles. The van der Waals surface area contributed by atoms with E-state index in [0.29, 0.717) is 5.92 Å². The van der Waals surface area contributed by atoms with Crippen molar-refractivity contribution in [1.82, 2.24) is 0 Å². The summed E-state index contributed by atoms with van der Waals surface area (Å²) < 4.78 is 0. The first-order chi connectivity index (χ1) is 5.07. The lowest BCUT2D eigenvalue weighted by Crippen LogP contribution is -1.87. The van der Waals surface area contributed by atoms with Gasteiger partial charge in [0.2, 0.25) is 0 Å². The Balaban J connectivity index is 4.11. The molecular weight excluding hydrogens is 132 g/mol. The fraction of sp³-hybridized carbons (Fsp3) is 0.636. The Morgan fingerprint density at radius 1 is 1.18 bits per heavy atom. The van der Waals surface area contributed by atoms with Crippen molar-refractivity contribution in [3.05, 3.63) is 23.3 Å². The van der Waals surface area contributed by atoms with Crippen LogP contribution in [0.15, 0.2) is 23.3 Å². The molecular formula is C11H20. The molecule has 0 amide bonds. The van der Waals surface area contributed by atoms with Gasteiger partial charge in [-0.15, -0.1) is 0 Å². The van der Waals surface area contributed by atoms with Gasteiger partial charge >= 0.3 is 0 Å². The average Bonchev–Trinajstić information content (AvgIpc) is 1.99. The summed E-state index contributed by atoms with van der Waals surface area (Å²) in [5.41, 5.74) is 2.91. The van der Waals surface area contributed by atoms with E-state index >= 15 is 0 Å². The molecule has 0 nitrogen and oxygen atoms in total. The summed E-state index contributed by atoms with van der Waals surface area (Å²) in [4.78, 5) is 0. The molecule has 0 heteroatoms. The van der Waals surface area contributed by atoms with Gasteiger partial charge in [0, 0.05) is 0 Å². The van der Waals surface area contributed by atoms with Crippen molar-refractivity contribution in [1.29, 1.82) is 0 Å². The highest BCUT2D eigenvalue weighted by atomic mass is 14.0. The highest BCUT2D eigenvalue weighted by Crippen LogP contribution is 2.09. The van der Waals surface area contributed by atoms with Crippen LogP contribution in [0, 0.1) is 5.92 Å². The van der Waals surface area contributed by atoms with Crippen LogP contribution in [0.1, 0.15) is 41.0 Å². The molecule has 0 bridgehead atoms. The lowest BCUT2D eigenvalue weighted by molar-refractivity contribution is 0.769. The van der Waals surface area contributed by atoms with Gasteiger partial charge in [0.25, 0.3) is 0 Å². The van der Waals surface area contributed by atoms with Gasteiger partial charge in [0.05, 0.1) is 0 Å². The molecule has 11 heavy (non-hydrogen) atoms. The van der Waals surface area contributed by atoms with Crippen molar-refractivity contribution in [2.75, 3.05) is 0 Å². The van der Waals surface area contributed by atoms with Crippen LogP contribution in [0.4, 0.5) is 0 Å². The minimum atomic E-state index is 0.677. The maximum atomic E-state index is 2.23. The van der Waals surface area contributed by atoms with Crippen LogP contribution in [-0.4, -0.2) is 0 Å². The predicted octanol–water partition coefficient (Wildman–Crippen LogP) is 3.95. The molecule has 0 heterocycles. The molecule has 0 aliphatic heterocycles. The summed E-state index contributed by atoms with van der Waals surface area (Å²) in [5.74, 6) is 0.677. The van der Waals surface area contributed by atoms with Gasteiger partial charge < -0.3 is 0 Å². The minimum Gasteiger partial charge on any atom is -0.0736 e. The Bertz CT molecular complexity index is 159. The first kappa shape index (κ1) is 10.5. The Hall–Kier alpha value is -0.520. The molecule has 0 rings (SSSR count). The lowest BCUT2D eigenvalue weighted by atomic mass is 10.0. The first-order valence-corrected chi connectivity index (χ1v) is 4.41. The highest BCUT2D eigenvalue weighted by molar-refractivity contribution is 5.16. The van der Waals surface area contributed by atoms with Crippen LogP contribution in [0.2, 0.25) is 0 Å². The molecule has 0 aliphatic carbocycles. The topological polar surface area (TPSA) is 0 Å². The fourth-order valence-corrected chi connectivity index (χ4v) is 0.584. The van der Waals surface area contributed by atoms with Gasteiger partial charge in [-0.05, 0) is 26.2 Å². The molecule has 0 unspecified atom stereocenters. The van der Waals surface area contributed by atoms with Gasteiger partial charge in [-0.2, -0.15) is 0 Å². The van der Waals surface area contributed by atoms with E-state index in [4.69, 9.17) is 0 Å². The van der Waals surface area contributed by atoms with Gasteiger partial charge in [-0.25, -0.2) is 0 Å². The van der Waals surface area contributed by atoms with Gasteiger partial charge in [-0.3, -0.25) is 0 Å². The van der Waals surface area contributed by atoms with Crippen molar-refractivity contribution in [2.24, 2.45) is 5.92 Å². The Morgan fingerprint density at radius 3 is 2.09 bits per heavy atom. The zero-order chi connectivity index (χ0) is 8.85. The molecule has 0 saturated carbocycles. The van der Waals surface area contributed by atoms with E-state index in [-0.39, 0.29) is 0 Å². The zero-order valence-corrected chi connectivity index (χ0v) is 8.44. The Labute approximate surface area is 71.0 Å². The third-order valence-electron chi connectivity index (χ3n) is 2.10. The monoisotopic (exact) mass is 152 g/mol. The Morgan fingerprint density at radius 2 is 1.73 bits per heavy atom. The van der Waals surface area contributed by atoms with E-state index in [1.165, 1.54) is 11.1 Å². The molecule has 0 aromatic heterocycles. The molecule has 0 saturated heterocycles. The van der Waals surface area contributed by atoms with Crippen LogP contribution in [0.25, 0.3) is 0 Å². The summed E-state index contributed by atoms with van der Waals surface area (Å²) in [6.45, 7) is 11.0. The second-order valence-electron chi connectivity index (χ2n) is 3.43. The van der Waals surface area contributed by atoms with Crippen LogP contribution in [0.3, 0.4) is 0 Å². The summed E-state index contributed by atoms with van der Waals surface area (Å²) in [6, 6.07) is 0.